The number of hydrogen-bond acceptors (Lipinski definition) is 10. The Balaban J connectivity index is 0.977. The monoisotopic (exact) mass is 753 g/mol. The van der Waals surface area contributed by atoms with Gasteiger partial charge < -0.3 is 29.9 Å². The van der Waals surface area contributed by atoms with E-state index in [9.17, 15) is 4.79 Å². The second-order valence-electron chi connectivity index (χ2n) is 19.8. The van der Waals surface area contributed by atoms with E-state index in [1.54, 1.807) is 0 Å². The van der Waals surface area contributed by atoms with Gasteiger partial charge >= 0.3 is 0 Å². The zero-order chi connectivity index (χ0) is 38.7. The molecule has 2 aliphatic carbocycles. The van der Waals surface area contributed by atoms with E-state index in [2.05, 4.69) is 111 Å². The van der Waals surface area contributed by atoms with Gasteiger partial charge in [-0.3, -0.25) is 14.8 Å². The quantitative estimate of drug-likeness (QED) is 0.280. The third-order valence-electron chi connectivity index (χ3n) is 13.9. The van der Waals surface area contributed by atoms with Crippen molar-refractivity contribution in [2.24, 2.45) is 21.2 Å². The Labute approximate surface area is 328 Å². The summed E-state index contributed by atoms with van der Waals surface area (Å²) in [5.74, 6) is 1.15. The van der Waals surface area contributed by atoms with Gasteiger partial charge in [0, 0.05) is 83.9 Å². The minimum atomic E-state index is -0.351. The molecule has 2 spiro atoms. The minimum absolute atomic E-state index is 0.0210. The first-order valence-corrected chi connectivity index (χ1v) is 21.0. The van der Waals surface area contributed by atoms with Gasteiger partial charge in [0.25, 0.3) is 0 Å². The summed E-state index contributed by atoms with van der Waals surface area (Å²) in [4.78, 5) is 28.0. The van der Waals surface area contributed by atoms with Crippen LogP contribution in [0.1, 0.15) is 111 Å². The van der Waals surface area contributed by atoms with Crippen LogP contribution in [0.4, 0.5) is 11.5 Å². The first-order chi connectivity index (χ1) is 26.1. The van der Waals surface area contributed by atoms with E-state index >= 15 is 0 Å². The van der Waals surface area contributed by atoms with Gasteiger partial charge in [0.1, 0.15) is 0 Å². The Kier molecular flexibility index (Phi) is 10.0. The summed E-state index contributed by atoms with van der Waals surface area (Å²) in [6, 6.07) is 8.53. The fraction of sp³-hybridized carbons (Fsp3) is 0.705. The molecule has 4 aliphatic heterocycles. The predicted octanol–water partition coefficient (Wildman–Crippen LogP) is 6.13. The third-order valence-corrected chi connectivity index (χ3v) is 13.9. The Morgan fingerprint density at radius 2 is 1.76 bits per heavy atom. The Hall–Kier alpha value is -3.25. The highest BCUT2D eigenvalue weighted by molar-refractivity contribution is 6.03. The summed E-state index contributed by atoms with van der Waals surface area (Å²) in [7, 11) is 0. The smallest absolute Gasteiger partial charge is 0.247 e. The van der Waals surface area contributed by atoms with E-state index < -0.39 is 0 Å². The Morgan fingerprint density at radius 3 is 2.38 bits per heavy atom. The highest BCUT2D eigenvalue weighted by atomic mass is 16.5. The summed E-state index contributed by atoms with van der Waals surface area (Å²) in [5, 5.41) is 16.2. The summed E-state index contributed by atoms with van der Waals surface area (Å²) < 4.78 is 13.2. The number of allylic oxidation sites excluding steroid dienone is 2. The van der Waals surface area contributed by atoms with Crippen molar-refractivity contribution in [3.8, 4) is 0 Å². The molecule has 0 bridgehead atoms. The van der Waals surface area contributed by atoms with Crippen molar-refractivity contribution in [1.29, 1.82) is 0 Å². The molecule has 55 heavy (non-hydrogen) atoms. The minimum Gasteiger partial charge on any atom is -0.377 e. The molecule has 6 aliphatic rings. The summed E-state index contributed by atoms with van der Waals surface area (Å²) in [5.41, 5.74) is 3.26. The second kappa shape index (κ2) is 14.3. The Morgan fingerprint density at radius 1 is 0.964 bits per heavy atom. The van der Waals surface area contributed by atoms with E-state index in [1.807, 2.05) is 11.1 Å². The van der Waals surface area contributed by atoms with Gasteiger partial charge in [0.2, 0.25) is 5.91 Å². The van der Waals surface area contributed by atoms with Crippen LogP contribution in [-0.4, -0.2) is 97.5 Å². The van der Waals surface area contributed by atoms with Gasteiger partial charge in [0.15, 0.2) is 5.82 Å². The van der Waals surface area contributed by atoms with Crippen molar-refractivity contribution in [2.75, 3.05) is 62.3 Å². The molecule has 2 N–H and O–H groups in total. The highest BCUT2D eigenvalue weighted by Gasteiger charge is 2.55. The number of aliphatic imine (C=N–C) groups is 1. The number of aromatic nitrogens is 3. The molecule has 0 aromatic carbocycles. The molecule has 2 aromatic rings. The molecule has 3 saturated heterocycles. The van der Waals surface area contributed by atoms with Crippen molar-refractivity contribution >= 4 is 23.6 Å². The van der Waals surface area contributed by atoms with E-state index in [0.717, 1.165) is 106 Å². The number of amides is 1. The van der Waals surface area contributed by atoms with Crippen LogP contribution < -0.4 is 20.4 Å². The highest BCUT2D eigenvalue weighted by Crippen LogP contribution is 2.54. The normalized spacial score (nSPS) is 28.6. The lowest BCUT2D eigenvalue weighted by molar-refractivity contribution is -0.122. The first-order valence-electron chi connectivity index (χ1n) is 21.0. The second-order valence-corrected chi connectivity index (χ2v) is 19.8. The van der Waals surface area contributed by atoms with Crippen molar-refractivity contribution < 1.29 is 14.3 Å². The van der Waals surface area contributed by atoms with E-state index in [0.29, 0.717) is 13.2 Å². The number of hydrogen-bond donors (Lipinski definition) is 2. The summed E-state index contributed by atoms with van der Waals surface area (Å²) >= 11 is 0. The Bertz CT molecular complexity index is 1770. The van der Waals surface area contributed by atoms with Crippen LogP contribution in [0.25, 0.3) is 0 Å². The molecular formula is C44H64N8O3. The van der Waals surface area contributed by atoms with Gasteiger partial charge in [-0.05, 0) is 75.6 Å². The predicted molar refractivity (Wildman–Crippen MR) is 218 cm³/mol. The molecule has 6 heterocycles. The number of pyridine rings is 1. The standard InChI is InChI=1S/C44H64N8O3/c1-39(2,3)32-10-11-37(50-49-32)51-23-13-35(43(29-51)17-18-43)55-30-42(7,34-9-8-31(26-46-34)52-24-21-48-44(19-20-44)38(52)53)16-15-40(4,5)33-12-14-41(6,28-47-33)36-27-45-22-25-54-36/h8-12,26,28,35-36,45,48H,13-25,27,29-30H2,1-7H3/t35-,36-,41?,42?/m1/s1. The fourth-order valence-corrected chi connectivity index (χ4v) is 9.21. The average molecular weight is 753 g/mol. The number of piperidine rings is 1. The van der Waals surface area contributed by atoms with Gasteiger partial charge in [-0.1, -0.05) is 54.5 Å². The number of carbonyl (C=O) groups is 1. The molecule has 4 atom stereocenters. The van der Waals surface area contributed by atoms with Crippen LogP contribution in [0.3, 0.4) is 0 Å². The van der Waals surface area contributed by atoms with Crippen LogP contribution in [0.15, 0.2) is 47.2 Å². The number of rotatable bonds is 11. The van der Waals surface area contributed by atoms with E-state index in [4.69, 9.17) is 19.5 Å². The summed E-state index contributed by atoms with van der Waals surface area (Å²) in [6.45, 7) is 22.2. The number of nitrogens with zero attached hydrogens (tertiary/aromatic N) is 6. The number of morpholine rings is 1. The van der Waals surface area contributed by atoms with Crippen LogP contribution >= 0.6 is 0 Å². The number of anilines is 2. The lowest BCUT2D eigenvalue weighted by atomic mass is 9.72. The van der Waals surface area contributed by atoms with Crippen molar-refractivity contribution in [1.82, 2.24) is 25.8 Å². The van der Waals surface area contributed by atoms with Crippen LogP contribution in [-0.2, 0) is 25.1 Å². The maximum absolute atomic E-state index is 13.4. The van der Waals surface area contributed by atoms with Crippen LogP contribution in [0, 0.1) is 16.2 Å². The van der Waals surface area contributed by atoms with Crippen molar-refractivity contribution in [3.05, 3.63) is 53.6 Å². The van der Waals surface area contributed by atoms with Crippen molar-refractivity contribution in [3.63, 3.8) is 0 Å². The van der Waals surface area contributed by atoms with Gasteiger partial charge in [-0.25, -0.2) is 0 Å². The zero-order valence-electron chi connectivity index (χ0n) is 34.4. The molecule has 2 aromatic heterocycles. The molecule has 2 saturated carbocycles. The number of carbonyl (C=O) groups excluding carboxylic acids is 1. The molecule has 2 unspecified atom stereocenters. The third kappa shape index (κ3) is 7.75. The molecular weight excluding hydrogens is 689 g/mol. The lowest BCUT2D eigenvalue weighted by Gasteiger charge is -2.42. The van der Waals surface area contributed by atoms with Crippen molar-refractivity contribution in [2.45, 2.75) is 128 Å². The zero-order valence-corrected chi connectivity index (χ0v) is 34.4. The van der Waals surface area contributed by atoms with E-state index in [1.165, 1.54) is 12.8 Å². The molecule has 5 fully saturated rings. The average Bonchev–Trinajstić information content (AvgIpc) is 4.13. The molecule has 11 nitrogen and oxygen atoms in total. The fourth-order valence-electron chi connectivity index (χ4n) is 9.21. The maximum atomic E-state index is 13.4. The first kappa shape index (κ1) is 38.6. The number of nitrogens with one attached hydrogen (secondary N) is 2. The number of ether oxygens (including phenoxy) is 2. The molecule has 298 valence electrons. The van der Waals surface area contributed by atoms with Gasteiger partial charge in [-0.2, -0.15) is 5.10 Å². The largest absolute Gasteiger partial charge is 0.377 e. The maximum Gasteiger partial charge on any atom is 0.247 e. The SMILES string of the molecule is CC(C)(CCC(C)(CO[C@@H]1CCN(c2ccc(C(C)(C)C)nn2)CC12CC2)c1ccc(N2CCNC3(CC3)C2=O)cn1)C1=CCC(C)([C@H]2CNCCO2)C=N1. The van der Waals surface area contributed by atoms with Gasteiger partial charge in [-0.15, -0.1) is 5.10 Å². The molecule has 11 heteroatoms. The molecule has 0 radical (unpaired) electrons. The topological polar surface area (TPSA) is 117 Å². The molecule has 8 rings (SSSR count). The van der Waals surface area contributed by atoms with Crippen LogP contribution in [0.5, 0.6) is 0 Å². The van der Waals surface area contributed by atoms with Crippen LogP contribution in [0.2, 0.25) is 0 Å². The summed E-state index contributed by atoms with van der Waals surface area (Å²) in [6.07, 6.45) is 14.6. The van der Waals surface area contributed by atoms with Gasteiger partial charge in [0.05, 0.1) is 48.5 Å². The lowest BCUT2D eigenvalue weighted by Crippen LogP contribution is -2.57. The molecule has 1 amide bonds. The number of piperazine rings is 1. The van der Waals surface area contributed by atoms with E-state index in [-0.39, 0.29) is 50.7 Å².